The van der Waals surface area contributed by atoms with Gasteiger partial charge in [-0.25, -0.2) is 0 Å². The van der Waals surface area contributed by atoms with Gasteiger partial charge in [0.05, 0.1) is 6.10 Å². The van der Waals surface area contributed by atoms with E-state index in [0.717, 1.165) is 32.1 Å². The molecule has 0 spiro atoms. The van der Waals surface area contributed by atoms with Crippen LogP contribution >= 0.6 is 0 Å². The lowest BCUT2D eigenvalue weighted by atomic mass is 9.43. The molecule has 8 atom stereocenters. The zero-order chi connectivity index (χ0) is 30.6. The second-order valence-electron chi connectivity index (χ2n) is 11.5. The number of hydrogen-bond acceptors (Lipinski definition) is 5. The summed E-state index contributed by atoms with van der Waals surface area (Å²) in [5.41, 5.74) is 7.98. The fraction of sp³-hybridized carbons (Fsp3) is 0.882. The van der Waals surface area contributed by atoms with Crippen LogP contribution in [0.5, 0.6) is 0 Å². The smallest absolute Gasteiger partial charge is 0.305 e. The summed E-state index contributed by atoms with van der Waals surface area (Å²) in [5, 5.41) is 11.6. The molecule has 5 heteroatoms. The minimum Gasteiger partial charge on any atom is -0.458 e. The first kappa shape index (κ1) is 37.8. The third-order valence-corrected chi connectivity index (χ3v) is 9.74. The molecule has 3 saturated carbocycles. The zero-order valence-corrected chi connectivity index (χ0v) is 27.8. The molecule has 0 aromatic carbocycles. The topological polar surface area (TPSA) is 89.6 Å². The average molecular weight is 552 g/mol. The maximum Gasteiger partial charge on any atom is 0.305 e. The summed E-state index contributed by atoms with van der Waals surface area (Å²) in [6, 6.07) is 0. The van der Waals surface area contributed by atoms with Crippen LogP contribution in [0, 0.1) is 34.5 Å². The lowest BCUT2D eigenvalue weighted by molar-refractivity contribution is -0.158. The molecule has 4 aliphatic carbocycles. The van der Waals surface area contributed by atoms with Crippen molar-refractivity contribution in [3.05, 3.63) is 11.6 Å². The molecular weight excluding hydrogens is 486 g/mol. The summed E-state index contributed by atoms with van der Waals surface area (Å²) < 4.78 is 5.21. The SMILES string of the molecule is CC.CC.CC.CC.CCC(=O)OCC(=O)C1C(C)CC2C1(C)CC(O)C1C3(C)CCCCC=C3CCC12N. The van der Waals surface area contributed by atoms with Gasteiger partial charge in [0, 0.05) is 23.8 Å². The molecule has 4 aliphatic rings. The number of fused-ring (bicyclic) bond motifs is 5. The molecule has 0 aromatic rings. The third-order valence-electron chi connectivity index (χ3n) is 9.74. The number of ketones is 1. The Kier molecular flexibility index (Phi) is 16.4. The van der Waals surface area contributed by atoms with E-state index in [0.29, 0.717) is 6.42 Å². The van der Waals surface area contributed by atoms with Crippen LogP contribution in [-0.4, -0.2) is 35.1 Å². The summed E-state index contributed by atoms with van der Waals surface area (Å²) >= 11 is 0. The molecule has 39 heavy (non-hydrogen) atoms. The second kappa shape index (κ2) is 16.9. The van der Waals surface area contributed by atoms with Gasteiger partial charge < -0.3 is 15.6 Å². The van der Waals surface area contributed by atoms with E-state index >= 15 is 0 Å². The number of Topliss-reactive ketones (excluding diaryl/α,β-unsaturated/α-hetero) is 1. The summed E-state index contributed by atoms with van der Waals surface area (Å²) in [4.78, 5) is 24.9. The average Bonchev–Trinajstić information content (AvgIpc) is 3.08. The first-order valence-electron chi connectivity index (χ1n) is 16.4. The van der Waals surface area contributed by atoms with Gasteiger partial charge in [-0.1, -0.05) is 101 Å². The Morgan fingerprint density at radius 2 is 1.62 bits per heavy atom. The summed E-state index contributed by atoms with van der Waals surface area (Å²) in [6.07, 6.45) is 10.2. The standard InChI is InChI=1S/C26H41NO4.4C2H6/c1-5-21(30)31-15-19(29)22-16(2)13-20-25(22,4)14-18(28)23-24(3)11-8-6-7-9-17(24)10-12-26(20,23)27;4*1-2/h9,16,18,20,22-23,28H,5-8,10-15,27H2,1-4H3;4*1-2H3. The Morgan fingerprint density at radius 1 is 1.03 bits per heavy atom. The summed E-state index contributed by atoms with van der Waals surface area (Å²) in [5.74, 6) is -0.167. The van der Waals surface area contributed by atoms with Gasteiger partial charge >= 0.3 is 5.97 Å². The van der Waals surface area contributed by atoms with Gasteiger partial charge in [-0.05, 0) is 67.6 Å². The predicted molar refractivity (Wildman–Crippen MR) is 165 cm³/mol. The number of carbonyl (C=O) groups excluding carboxylic acids is 2. The number of allylic oxidation sites excluding steroid dienone is 2. The normalized spacial score (nSPS) is 37.8. The first-order chi connectivity index (χ1) is 18.6. The molecule has 0 saturated heterocycles. The van der Waals surface area contributed by atoms with E-state index in [4.69, 9.17) is 10.5 Å². The Hall–Kier alpha value is -1.20. The number of carbonyl (C=O) groups is 2. The number of esters is 1. The molecule has 4 rings (SSSR count). The van der Waals surface area contributed by atoms with Crippen molar-refractivity contribution in [2.45, 2.75) is 153 Å². The number of aliphatic hydroxyl groups excluding tert-OH is 1. The van der Waals surface area contributed by atoms with Crippen molar-refractivity contribution < 1.29 is 19.4 Å². The highest BCUT2D eigenvalue weighted by Crippen LogP contribution is 2.68. The van der Waals surface area contributed by atoms with Crippen LogP contribution < -0.4 is 5.73 Å². The number of hydrogen-bond donors (Lipinski definition) is 2. The highest BCUT2D eigenvalue weighted by molar-refractivity contribution is 5.85. The lowest BCUT2D eigenvalue weighted by Crippen LogP contribution is -2.70. The largest absolute Gasteiger partial charge is 0.458 e. The van der Waals surface area contributed by atoms with Crippen molar-refractivity contribution in [2.75, 3.05) is 6.61 Å². The van der Waals surface area contributed by atoms with Crippen LogP contribution in [0.15, 0.2) is 11.6 Å². The zero-order valence-electron chi connectivity index (χ0n) is 27.8. The Balaban J connectivity index is 0.00000166. The highest BCUT2D eigenvalue weighted by atomic mass is 16.5. The van der Waals surface area contributed by atoms with Gasteiger partial charge in [-0.2, -0.15) is 0 Å². The van der Waals surface area contributed by atoms with Crippen molar-refractivity contribution in [1.29, 1.82) is 0 Å². The Morgan fingerprint density at radius 3 is 2.18 bits per heavy atom. The summed E-state index contributed by atoms with van der Waals surface area (Å²) in [7, 11) is 0. The second-order valence-corrected chi connectivity index (χ2v) is 11.5. The molecule has 3 fully saturated rings. The van der Waals surface area contributed by atoms with E-state index in [1.54, 1.807) is 6.92 Å². The maximum absolute atomic E-state index is 13.2. The van der Waals surface area contributed by atoms with E-state index in [9.17, 15) is 14.7 Å². The van der Waals surface area contributed by atoms with E-state index in [1.165, 1.54) is 18.4 Å². The molecule has 0 aliphatic heterocycles. The monoisotopic (exact) mass is 551 g/mol. The van der Waals surface area contributed by atoms with Gasteiger partial charge in [-0.15, -0.1) is 0 Å². The fourth-order valence-electron chi connectivity index (χ4n) is 8.67. The number of ether oxygens (including phenoxy) is 1. The molecule has 8 unspecified atom stereocenters. The van der Waals surface area contributed by atoms with Gasteiger partial charge in [0.15, 0.2) is 5.78 Å². The Bertz CT molecular complexity index is 779. The third kappa shape index (κ3) is 7.36. The molecular formula is C34H65NO4. The van der Waals surface area contributed by atoms with Crippen molar-refractivity contribution in [1.82, 2.24) is 0 Å². The van der Waals surface area contributed by atoms with Crippen LogP contribution in [0.1, 0.15) is 141 Å². The van der Waals surface area contributed by atoms with Crippen LogP contribution in [0.2, 0.25) is 0 Å². The minimum atomic E-state index is -0.517. The number of rotatable bonds is 4. The van der Waals surface area contributed by atoms with Gasteiger partial charge in [0.25, 0.3) is 0 Å². The Labute approximate surface area is 242 Å². The van der Waals surface area contributed by atoms with Gasteiger partial charge in [-0.3, -0.25) is 9.59 Å². The van der Waals surface area contributed by atoms with Gasteiger partial charge in [0.1, 0.15) is 6.61 Å². The van der Waals surface area contributed by atoms with Crippen molar-refractivity contribution >= 4 is 11.8 Å². The molecule has 0 amide bonds. The predicted octanol–water partition coefficient (Wildman–Crippen LogP) is 8.27. The molecule has 5 nitrogen and oxygen atoms in total. The van der Waals surface area contributed by atoms with E-state index < -0.39 is 11.6 Å². The molecule has 3 N–H and O–H groups in total. The fourth-order valence-corrected chi connectivity index (χ4v) is 8.67. The van der Waals surface area contributed by atoms with Crippen molar-refractivity contribution in [3.8, 4) is 0 Å². The highest BCUT2D eigenvalue weighted by Gasteiger charge is 2.69. The lowest BCUT2D eigenvalue weighted by Gasteiger charge is -2.64. The van der Waals surface area contributed by atoms with Gasteiger partial charge in [0.2, 0.25) is 0 Å². The van der Waals surface area contributed by atoms with Crippen LogP contribution in [0.25, 0.3) is 0 Å². The minimum absolute atomic E-state index is 0.00868. The van der Waals surface area contributed by atoms with Crippen LogP contribution in [-0.2, 0) is 14.3 Å². The molecule has 230 valence electrons. The van der Waals surface area contributed by atoms with Crippen molar-refractivity contribution in [2.24, 2.45) is 40.2 Å². The van der Waals surface area contributed by atoms with E-state index in [1.807, 2.05) is 55.4 Å². The first-order valence-corrected chi connectivity index (χ1v) is 16.4. The molecule has 0 aromatic heterocycles. The molecule has 0 radical (unpaired) electrons. The molecule has 0 heterocycles. The summed E-state index contributed by atoms with van der Waals surface area (Å²) in [6.45, 7) is 24.2. The maximum atomic E-state index is 13.2. The quantitative estimate of drug-likeness (QED) is 0.271. The van der Waals surface area contributed by atoms with Crippen LogP contribution in [0.3, 0.4) is 0 Å². The van der Waals surface area contributed by atoms with E-state index in [2.05, 4.69) is 26.8 Å². The number of aliphatic hydroxyl groups is 1. The van der Waals surface area contributed by atoms with Crippen LogP contribution in [0.4, 0.5) is 0 Å². The number of nitrogens with two attached hydrogens (primary N) is 1. The molecule has 0 bridgehead atoms. The van der Waals surface area contributed by atoms with E-state index in [-0.39, 0.29) is 59.3 Å². The van der Waals surface area contributed by atoms with Crippen molar-refractivity contribution in [3.63, 3.8) is 0 Å².